The van der Waals surface area contributed by atoms with Crippen LogP contribution < -0.4 is 19.1 Å². The molecule has 42 heavy (non-hydrogen) atoms. The number of aryl methyl sites for hydroxylation is 1. The maximum Gasteiger partial charge on any atom is 0.264 e. The zero-order valence-electron chi connectivity index (χ0n) is 24.6. The molecule has 2 amide bonds. The van der Waals surface area contributed by atoms with Crippen molar-refractivity contribution in [3.8, 4) is 11.5 Å². The average molecular weight is 616 g/mol. The van der Waals surface area contributed by atoms with Crippen LogP contribution in [0.5, 0.6) is 11.5 Å². The Morgan fingerprint density at radius 2 is 1.71 bits per heavy atom. The molecule has 0 aliphatic carbocycles. The molecule has 0 spiro atoms. The number of hydrogen-bond acceptors (Lipinski definition) is 6. The SMILES string of the molecule is CCCCNC(=O)[C@H](C)N(Cc1cccc(OC)c1)C(=O)CN(c1cc(Cl)ccc1OC)S(=O)(=O)c1ccc(C)cc1. The summed E-state index contributed by atoms with van der Waals surface area (Å²) in [5.74, 6) is -0.124. The highest BCUT2D eigenvalue weighted by Gasteiger charge is 2.34. The third kappa shape index (κ3) is 8.17. The van der Waals surface area contributed by atoms with Gasteiger partial charge in [-0.25, -0.2) is 8.42 Å². The molecule has 0 aromatic heterocycles. The van der Waals surface area contributed by atoms with Gasteiger partial charge in [-0.1, -0.05) is 54.8 Å². The van der Waals surface area contributed by atoms with Gasteiger partial charge in [0, 0.05) is 18.1 Å². The Morgan fingerprint density at radius 1 is 1.00 bits per heavy atom. The minimum Gasteiger partial charge on any atom is -0.497 e. The Kier molecular flexibility index (Phi) is 11.6. The van der Waals surface area contributed by atoms with E-state index in [0.717, 1.165) is 22.7 Å². The number of unbranched alkanes of at least 4 members (excludes halogenated alkanes) is 1. The number of halogens is 1. The number of amides is 2. The van der Waals surface area contributed by atoms with E-state index in [-0.39, 0.29) is 33.8 Å². The fourth-order valence-electron chi connectivity index (χ4n) is 4.30. The van der Waals surface area contributed by atoms with Gasteiger partial charge >= 0.3 is 0 Å². The van der Waals surface area contributed by atoms with Crippen molar-refractivity contribution in [2.24, 2.45) is 0 Å². The molecule has 0 aliphatic heterocycles. The van der Waals surface area contributed by atoms with E-state index < -0.39 is 28.5 Å². The van der Waals surface area contributed by atoms with Gasteiger partial charge in [-0.2, -0.15) is 0 Å². The van der Waals surface area contributed by atoms with Crippen molar-refractivity contribution >= 4 is 39.1 Å². The van der Waals surface area contributed by atoms with Crippen LogP contribution in [0, 0.1) is 6.92 Å². The van der Waals surface area contributed by atoms with E-state index in [9.17, 15) is 18.0 Å². The van der Waals surface area contributed by atoms with Gasteiger partial charge < -0.3 is 19.7 Å². The Balaban J connectivity index is 2.08. The average Bonchev–Trinajstić information content (AvgIpc) is 2.98. The second-order valence-corrected chi connectivity index (χ2v) is 12.1. The van der Waals surface area contributed by atoms with Crippen molar-refractivity contribution in [1.29, 1.82) is 0 Å². The molecule has 11 heteroatoms. The third-order valence-corrected chi connectivity index (χ3v) is 8.79. The van der Waals surface area contributed by atoms with E-state index in [1.807, 2.05) is 19.9 Å². The van der Waals surface area contributed by atoms with E-state index in [1.165, 1.54) is 43.4 Å². The second-order valence-electron chi connectivity index (χ2n) is 9.83. The lowest BCUT2D eigenvalue weighted by molar-refractivity contribution is -0.139. The molecule has 226 valence electrons. The van der Waals surface area contributed by atoms with Crippen LogP contribution in [0.15, 0.2) is 71.6 Å². The Labute approximate surface area is 253 Å². The summed E-state index contributed by atoms with van der Waals surface area (Å²) in [7, 11) is -1.32. The molecule has 0 radical (unpaired) electrons. The number of nitrogens with zero attached hydrogens (tertiary/aromatic N) is 2. The molecule has 0 bridgehead atoms. The molecule has 0 saturated carbocycles. The third-order valence-electron chi connectivity index (χ3n) is 6.78. The number of nitrogens with one attached hydrogen (secondary N) is 1. The molecular formula is C31H38ClN3O6S. The van der Waals surface area contributed by atoms with Crippen molar-refractivity contribution in [3.05, 3.63) is 82.9 Å². The molecular weight excluding hydrogens is 578 g/mol. The van der Waals surface area contributed by atoms with Crippen LogP contribution in [0.25, 0.3) is 0 Å². The van der Waals surface area contributed by atoms with Gasteiger partial charge in [0.15, 0.2) is 0 Å². The van der Waals surface area contributed by atoms with Crippen LogP contribution in [0.4, 0.5) is 5.69 Å². The number of ether oxygens (including phenoxy) is 2. The minimum absolute atomic E-state index is 0.00682. The van der Waals surface area contributed by atoms with E-state index in [1.54, 1.807) is 43.3 Å². The van der Waals surface area contributed by atoms with Crippen LogP contribution >= 0.6 is 11.6 Å². The van der Waals surface area contributed by atoms with Gasteiger partial charge in [-0.15, -0.1) is 0 Å². The summed E-state index contributed by atoms with van der Waals surface area (Å²) in [5.41, 5.74) is 1.69. The summed E-state index contributed by atoms with van der Waals surface area (Å²) >= 11 is 6.28. The lowest BCUT2D eigenvalue weighted by Crippen LogP contribution is -2.51. The van der Waals surface area contributed by atoms with Crippen molar-refractivity contribution in [2.45, 2.75) is 51.1 Å². The van der Waals surface area contributed by atoms with Crippen molar-refractivity contribution in [3.63, 3.8) is 0 Å². The molecule has 0 saturated heterocycles. The molecule has 0 unspecified atom stereocenters. The highest BCUT2D eigenvalue weighted by molar-refractivity contribution is 7.92. The predicted octanol–water partition coefficient (Wildman–Crippen LogP) is 5.19. The highest BCUT2D eigenvalue weighted by Crippen LogP contribution is 2.35. The summed E-state index contributed by atoms with van der Waals surface area (Å²) in [6.45, 7) is 5.39. The summed E-state index contributed by atoms with van der Waals surface area (Å²) in [6.07, 6.45) is 1.69. The fraction of sp³-hybridized carbons (Fsp3) is 0.355. The van der Waals surface area contributed by atoms with Gasteiger partial charge in [-0.05, 0) is 68.3 Å². The monoisotopic (exact) mass is 615 g/mol. The van der Waals surface area contributed by atoms with Gasteiger partial charge in [-0.3, -0.25) is 13.9 Å². The van der Waals surface area contributed by atoms with E-state index >= 15 is 0 Å². The zero-order chi connectivity index (χ0) is 30.9. The summed E-state index contributed by atoms with van der Waals surface area (Å²) in [6, 6.07) is 17.1. The van der Waals surface area contributed by atoms with Crippen LogP contribution in [0.3, 0.4) is 0 Å². The number of anilines is 1. The smallest absolute Gasteiger partial charge is 0.264 e. The van der Waals surface area contributed by atoms with E-state index in [0.29, 0.717) is 17.9 Å². The molecule has 0 fully saturated rings. The first-order chi connectivity index (χ1) is 20.0. The Morgan fingerprint density at radius 3 is 2.36 bits per heavy atom. The maximum absolute atomic E-state index is 14.1. The highest BCUT2D eigenvalue weighted by atomic mass is 35.5. The quantitative estimate of drug-likeness (QED) is 0.250. The first kappa shape index (κ1) is 32.8. The number of carbonyl (C=O) groups excluding carboxylic acids is 2. The van der Waals surface area contributed by atoms with Crippen LogP contribution in [-0.2, 0) is 26.2 Å². The van der Waals surface area contributed by atoms with Crippen molar-refractivity contribution < 1.29 is 27.5 Å². The summed E-state index contributed by atoms with van der Waals surface area (Å²) in [5, 5.41) is 3.14. The van der Waals surface area contributed by atoms with Gasteiger partial charge in [0.05, 0.1) is 24.8 Å². The summed E-state index contributed by atoms with van der Waals surface area (Å²) in [4.78, 5) is 28.6. The largest absolute Gasteiger partial charge is 0.497 e. The van der Waals surface area contributed by atoms with Gasteiger partial charge in [0.1, 0.15) is 24.1 Å². The van der Waals surface area contributed by atoms with Crippen LogP contribution in [-0.4, -0.2) is 58.5 Å². The Bertz CT molecular complexity index is 1480. The molecule has 1 N–H and O–H groups in total. The van der Waals surface area contributed by atoms with Crippen LogP contribution in [0.2, 0.25) is 5.02 Å². The topological polar surface area (TPSA) is 105 Å². The second kappa shape index (κ2) is 14.9. The molecule has 3 aromatic carbocycles. The number of benzene rings is 3. The lowest BCUT2D eigenvalue weighted by atomic mass is 10.1. The first-order valence-electron chi connectivity index (χ1n) is 13.6. The number of methoxy groups -OCH3 is 2. The van der Waals surface area contributed by atoms with Gasteiger partial charge in [0.25, 0.3) is 10.0 Å². The first-order valence-corrected chi connectivity index (χ1v) is 15.5. The zero-order valence-corrected chi connectivity index (χ0v) is 26.2. The summed E-state index contributed by atoms with van der Waals surface area (Å²) < 4.78 is 39.9. The molecule has 3 rings (SSSR count). The van der Waals surface area contributed by atoms with Crippen molar-refractivity contribution in [2.75, 3.05) is 31.6 Å². The molecule has 3 aromatic rings. The fourth-order valence-corrected chi connectivity index (χ4v) is 5.88. The normalized spacial score (nSPS) is 11.9. The maximum atomic E-state index is 14.1. The predicted molar refractivity (Wildman–Crippen MR) is 165 cm³/mol. The van der Waals surface area contributed by atoms with Crippen molar-refractivity contribution in [1.82, 2.24) is 10.2 Å². The number of rotatable bonds is 14. The number of sulfonamides is 1. The van der Waals surface area contributed by atoms with Gasteiger partial charge in [0.2, 0.25) is 11.8 Å². The van der Waals surface area contributed by atoms with E-state index in [4.69, 9.17) is 21.1 Å². The molecule has 0 heterocycles. The van der Waals surface area contributed by atoms with Crippen LogP contribution in [0.1, 0.15) is 37.8 Å². The molecule has 1 atom stereocenters. The Hall–Kier alpha value is -3.76. The standard InChI is InChI=1S/C31H38ClN3O6S/c1-6-7-17-33-31(37)23(3)34(20-24-9-8-10-26(18-24)40-4)30(36)21-35(28-19-25(32)13-16-29(28)41-5)42(38,39)27-14-11-22(2)12-15-27/h8-16,18-19,23H,6-7,17,20-21H2,1-5H3,(H,33,37)/t23-/m0/s1. The number of hydrogen-bond donors (Lipinski definition) is 1. The minimum atomic E-state index is -4.27. The molecule has 9 nitrogen and oxygen atoms in total. The molecule has 0 aliphatic rings. The lowest BCUT2D eigenvalue weighted by Gasteiger charge is -2.32. The number of carbonyl (C=O) groups is 2. The van der Waals surface area contributed by atoms with E-state index in [2.05, 4.69) is 5.32 Å².